The molecule has 0 bridgehead atoms. The van der Waals surface area contributed by atoms with Crippen LogP contribution in [0.4, 0.5) is 8.78 Å². The van der Waals surface area contributed by atoms with Crippen molar-refractivity contribution in [2.75, 3.05) is 0 Å². The van der Waals surface area contributed by atoms with E-state index in [0.717, 1.165) is 25.3 Å². The van der Waals surface area contributed by atoms with Gasteiger partial charge in [-0.25, -0.2) is 8.78 Å². The Labute approximate surface area is 99.8 Å². The number of hydrogen-bond acceptors (Lipinski definition) is 1. The Balaban J connectivity index is 2.02. The molecule has 0 spiro atoms. The molecule has 1 aromatic rings. The highest BCUT2D eigenvalue weighted by Crippen LogP contribution is 2.24. The zero-order chi connectivity index (χ0) is 12.3. The van der Waals surface area contributed by atoms with E-state index in [1.807, 2.05) is 0 Å². The van der Waals surface area contributed by atoms with E-state index in [4.69, 9.17) is 0 Å². The van der Waals surface area contributed by atoms with E-state index in [1.165, 1.54) is 12.1 Å². The lowest BCUT2D eigenvalue weighted by molar-refractivity contribution is 0.101. The summed E-state index contributed by atoms with van der Waals surface area (Å²) in [4.78, 5) is 0. The topological polar surface area (TPSA) is 20.2 Å². The van der Waals surface area contributed by atoms with Gasteiger partial charge in [0, 0.05) is 12.5 Å². The van der Waals surface area contributed by atoms with Gasteiger partial charge in [0.1, 0.15) is 11.6 Å². The molecule has 1 nitrogen and oxygen atoms in total. The summed E-state index contributed by atoms with van der Waals surface area (Å²) >= 11 is 0. The Morgan fingerprint density at radius 2 is 2.12 bits per heavy atom. The van der Waals surface area contributed by atoms with Crippen molar-refractivity contribution >= 4 is 0 Å². The number of rotatable bonds is 3. The second-order valence-electron chi connectivity index (χ2n) is 4.55. The normalized spacial score (nSPS) is 21.5. The first kappa shape index (κ1) is 12.2. The molecule has 0 saturated carbocycles. The SMILES string of the molecule is OC(Cc1ccc(F)cc1F)C1CC=CCC1. The summed E-state index contributed by atoms with van der Waals surface area (Å²) in [6.07, 6.45) is 6.59. The van der Waals surface area contributed by atoms with Gasteiger partial charge in [0.15, 0.2) is 0 Å². The summed E-state index contributed by atoms with van der Waals surface area (Å²) in [5, 5.41) is 10.0. The number of allylic oxidation sites excluding steroid dienone is 2. The Morgan fingerprint density at radius 3 is 2.76 bits per heavy atom. The molecule has 0 fully saturated rings. The molecule has 0 saturated heterocycles. The predicted octanol–water partition coefficient (Wildman–Crippen LogP) is 3.22. The molecule has 2 atom stereocenters. The minimum atomic E-state index is -0.582. The van der Waals surface area contributed by atoms with Crippen LogP contribution >= 0.6 is 0 Å². The lowest BCUT2D eigenvalue weighted by atomic mass is 9.86. The van der Waals surface area contributed by atoms with Crippen LogP contribution in [0.5, 0.6) is 0 Å². The molecule has 0 amide bonds. The van der Waals surface area contributed by atoms with Crippen LogP contribution in [0.1, 0.15) is 24.8 Å². The number of hydrogen-bond donors (Lipinski definition) is 1. The first-order valence-corrected chi connectivity index (χ1v) is 5.94. The molecule has 0 radical (unpaired) electrons. The van der Waals surface area contributed by atoms with Gasteiger partial charge in [-0.3, -0.25) is 0 Å². The summed E-state index contributed by atoms with van der Waals surface area (Å²) in [7, 11) is 0. The Kier molecular flexibility index (Phi) is 3.89. The van der Waals surface area contributed by atoms with Crippen molar-refractivity contribution in [3.63, 3.8) is 0 Å². The fraction of sp³-hybridized carbons (Fsp3) is 0.429. The fourth-order valence-corrected chi connectivity index (χ4v) is 2.25. The third kappa shape index (κ3) is 3.13. The minimum Gasteiger partial charge on any atom is -0.392 e. The molecular formula is C14H16F2O. The Morgan fingerprint density at radius 1 is 1.29 bits per heavy atom. The average molecular weight is 238 g/mol. The van der Waals surface area contributed by atoms with Gasteiger partial charge in [0.2, 0.25) is 0 Å². The van der Waals surface area contributed by atoms with Crippen molar-refractivity contribution in [2.45, 2.75) is 31.8 Å². The molecule has 1 aliphatic rings. The molecule has 17 heavy (non-hydrogen) atoms. The van der Waals surface area contributed by atoms with Crippen LogP contribution in [0.2, 0.25) is 0 Å². The van der Waals surface area contributed by atoms with Crippen LogP contribution in [0, 0.1) is 17.6 Å². The molecule has 0 aliphatic heterocycles. The fourth-order valence-electron chi connectivity index (χ4n) is 2.25. The predicted molar refractivity (Wildman–Crippen MR) is 62.5 cm³/mol. The third-order valence-corrected chi connectivity index (χ3v) is 3.30. The lowest BCUT2D eigenvalue weighted by Gasteiger charge is -2.23. The van der Waals surface area contributed by atoms with Crippen molar-refractivity contribution < 1.29 is 13.9 Å². The van der Waals surface area contributed by atoms with Crippen molar-refractivity contribution in [2.24, 2.45) is 5.92 Å². The van der Waals surface area contributed by atoms with Gasteiger partial charge in [0.25, 0.3) is 0 Å². The van der Waals surface area contributed by atoms with Crippen LogP contribution in [-0.4, -0.2) is 11.2 Å². The summed E-state index contributed by atoms with van der Waals surface area (Å²) in [5.41, 5.74) is 0.383. The summed E-state index contributed by atoms with van der Waals surface area (Å²) in [6.45, 7) is 0. The number of benzene rings is 1. The molecule has 1 N–H and O–H groups in total. The van der Waals surface area contributed by atoms with E-state index in [-0.39, 0.29) is 12.3 Å². The van der Waals surface area contributed by atoms with Crippen LogP contribution in [0.15, 0.2) is 30.4 Å². The highest BCUT2D eigenvalue weighted by molar-refractivity contribution is 5.19. The van der Waals surface area contributed by atoms with Gasteiger partial charge < -0.3 is 5.11 Å². The average Bonchev–Trinajstić information content (AvgIpc) is 2.34. The Bertz CT molecular complexity index is 415. The highest BCUT2D eigenvalue weighted by atomic mass is 19.1. The largest absolute Gasteiger partial charge is 0.392 e. The standard InChI is InChI=1S/C14H16F2O/c15-12-7-6-11(13(16)9-12)8-14(17)10-4-2-1-3-5-10/h1-2,6-7,9-10,14,17H,3-5,8H2. The van der Waals surface area contributed by atoms with E-state index < -0.39 is 17.7 Å². The maximum Gasteiger partial charge on any atom is 0.129 e. The number of aliphatic hydroxyl groups is 1. The van der Waals surface area contributed by atoms with Crippen molar-refractivity contribution in [1.29, 1.82) is 0 Å². The smallest absolute Gasteiger partial charge is 0.129 e. The van der Waals surface area contributed by atoms with E-state index >= 15 is 0 Å². The molecule has 1 aliphatic carbocycles. The quantitative estimate of drug-likeness (QED) is 0.802. The second kappa shape index (κ2) is 5.41. The minimum absolute atomic E-state index is 0.185. The monoisotopic (exact) mass is 238 g/mol. The maximum absolute atomic E-state index is 13.4. The van der Waals surface area contributed by atoms with Gasteiger partial charge in [-0.1, -0.05) is 18.2 Å². The summed E-state index contributed by atoms with van der Waals surface area (Å²) in [6, 6.07) is 3.50. The van der Waals surface area contributed by atoms with E-state index in [9.17, 15) is 13.9 Å². The second-order valence-corrected chi connectivity index (χ2v) is 4.55. The van der Waals surface area contributed by atoms with Crippen LogP contribution < -0.4 is 0 Å². The molecule has 3 heteroatoms. The summed E-state index contributed by atoms with van der Waals surface area (Å²) < 4.78 is 26.1. The Hall–Kier alpha value is -1.22. The van der Waals surface area contributed by atoms with Gasteiger partial charge in [-0.2, -0.15) is 0 Å². The van der Waals surface area contributed by atoms with Gasteiger partial charge in [-0.15, -0.1) is 0 Å². The highest BCUT2D eigenvalue weighted by Gasteiger charge is 2.20. The summed E-state index contributed by atoms with van der Waals surface area (Å²) in [5.74, 6) is -0.971. The lowest BCUT2D eigenvalue weighted by Crippen LogP contribution is -2.24. The van der Waals surface area contributed by atoms with Gasteiger partial charge >= 0.3 is 0 Å². The van der Waals surface area contributed by atoms with Crippen molar-refractivity contribution in [1.82, 2.24) is 0 Å². The maximum atomic E-state index is 13.4. The molecule has 2 rings (SSSR count). The van der Waals surface area contributed by atoms with Gasteiger partial charge in [0.05, 0.1) is 6.10 Å². The van der Waals surface area contributed by atoms with Crippen LogP contribution in [0.3, 0.4) is 0 Å². The van der Waals surface area contributed by atoms with Gasteiger partial charge in [-0.05, 0) is 36.8 Å². The van der Waals surface area contributed by atoms with Crippen LogP contribution in [0.25, 0.3) is 0 Å². The van der Waals surface area contributed by atoms with Crippen molar-refractivity contribution in [3.8, 4) is 0 Å². The molecule has 0 aromatic heterocycles. The molecule has 0 heterocycles. The molecule has 1 aromatic carbocycles. The van der Waals surface area contributed by atoms with Crippen LogP contribution in [-0.2, 0) is 6.42 Å². The van der Waals surface area contributed by atoms with E-state index in [0.29, 0.717) is 5.56 Å². The first-order chi connectivity index (χ1) is 8.16. The number of halogens is 2. The number of aliphatic hydroxyl groups excluding tert-OH is 1. The third-order valence-electron chi connectivity index (χ3n) is 3.30. The molecule has 2 unspecified atom stereocenters. The molecular weight excluding hydrogens is 222 g/mol. The first-order valence-electron chi connectivity index (χ1n) is 5.94. The zero-order valence-corrected chi connectivity index (χ0v) is 9.57. The zero-order valence-electron chi connectivity index (χ0n) is 9.57. The van der Waals surface area contributed by atoms with E-state index in [1.54, 1.807) is 0 Å². The van der Waals surface area contributed by atoms with Crippen molar-refractivity contribution in [3.05, 3.63) is 47.5 Å². The molecule has 92 valence electrons. The van der Waals surface area contributed by atoms with E-state index in [2.05, 4.69) is 12.2 Å².